The van der Waals surface area contributed by atoms with Crippen molar-refractivity contribution in [2.75, 3.05) is 19.6 Å². The van der Waals surface area contributed by atoms with Gasteiger partial charge in [0.25, 0.3) is 0 Å². The molecule has 150 valence electrons. The summed E-state index contributed by atoms with van der Waals surface area (Å²) in [5.41, 5.74) is 3.93. The third-order valence-corrected chi connectivity index (χ3v) is 7.56. The molecule has 3 nitrogen and oxygen atoms in total. The summed E-state index contributed by atoms with van der Waals surface area (Å²) in [4.78, 5) is 7.55. The molecule has 4 aromatic rings. The quantitative estimate of drug-likeness (QED) is 0.356. The maximum absolute atomic E-state index is 4.89. The van der Waals surface area contributed by atoms with Crippen molar-refractivity contribution in [3.63, 3.8) is 0 Å². The molecule has 0 atom stereocenters. The first-order valence-corrected chi connectivity index (χ1v) is 11.7. The summed E-state index contributed by atoms with van der Waals surface area (Å²) in [6, 6.07) is 17.3. The smallest absolute Gasteiger partial charge is 0.0970 e. The molecule has 0 spiro atoms. The number of benzene rings is 2. The summed E-state index contributed by atoms with van der Waals surface area (Å²) >= 11 is 1.89. The Labute approximate surface area is 177 Å². The first-order valence-electron chi connectivity index (χ1n) is 10.9. The molecule has 29 heavy (non-hydrogen) atoms. The number of rotatable bonds is 6. The molecule has 2 aromatic carbocycles. The van der Waals surface area contributed by atoms with Crippen molar-refractivity contribution in [1.29, 1.82) is 0 Å². The number of para-hydroxylation sites is 2. The second kappa shape index (κ2) is 8.29. The number of thiazole rings is 1. The van der Waals surface area contributed by atoms with Crippen LogP contribution in [0.3, 0.4) is 0 Å². The van der Waals surface area contributed by atoms with Crippen molar-refractivity contribution in [2.45, 2.75) is 45.1 Å². The van der Waals surface area contributed by atoms with Crippen molar-refractivity contribution in [3.8, 4) is 0 Å². The molecule has 0 amide bonds. The Balaban J connectivity index is 1.10. The minimum atomic E-state index is 0.651. The van der Waals surface area contributed by atoms with Crippen molar-refractivity contribution >= 4 is 32.5 Å². The fourth-order valence-electron chi connectivity index (χ4n) is 4.70. The lowest BCUT2D eigenvalue weighted by molar-refractivity contribution is 0.208. The molecule has 0 aliphatic carbocycles. The van der Waals surface area contributed by atoms with Crippen LogP contribution in [-0.4, -0.2) is 34.1 Å². The summed E-state index contributed by atoms with van der Waals surface area (Å²) in [5, 5.41) is 2.74. The van der Waals surface area contributed by atoms with E-state index in [1.165, 1.54) is 77.0 Å². The van der Waals surface area contributed by atoms with E-state index in [0.717, 1.165) is 6.54 Å². The largest absolute Gasteiger partial charge is 0.347 e. The van der Waals surface area contributed by atoms with E-state index in [4.69, 9.17) is 4.98 Å². The number of aryl methyl sites for hydroxylation is 2. The Morgan fingerprint density at radius 2 is 1.72 bits per heavy atom. The average molecular weight is 404 g/mol. The highest BCUT2D eigenvalue weighted by atomic mass is 32.1. The van der Waals surface area contributed by atoms with Gasteiger partial charge in [0, 0.05) is 29.6 Å². The minimum absolute atomic E-state index is 0.651. The third-order valence-electron chi connectivity index (χ3n) is 6.36. The number of unbranched alkanes of at least 4 members (excludes halogenated alkanes) is 1. The molecular formula is C25H29N3S. The Hall–Kier alpha value is -2.17. The van der Waals surface area contributed by atoms with E-state index in [9.17, 15) is 0 Å². The Morgan fingerprint density at radius 3 is 2.59 bits per heavy atom. The summed E-state index contributed by atoms with van der Waals surface area (Å²) < 4.78 is 3.77. The lowest BCUT2D eigenvalue weighted by Gasteiger charge is -2.31. The molecule has 0 radical (unpaired) electrons. The molecule has 1 aliphatic heterocycles. The van der Waals surface area contributed by atoms with Crippen LogP contribution in [0.1, 0.15) is 42.2 Å². The molecule has 1 saturated heterocycles. The van der Waals surface area contributed by atoms with Gasteiger partial charge in [0.1, 0.15) is 0 Å². The summed E-state index contributed by atoms with van der Waals surface area (Å²) in [7, 11) is 0. The zero-order chi connectivity index (χ0) is 19.6. The van der Waals surface area contributed by atoms with Crippen LogP contribution in [0.15, 0.2) is 54.7 Å². The second-order valence-corrected chi connectivity index (χ2v) is 9.43. The molecule has 4 heteroatoms. The molecular weight excluding hydrogens is 374 g/mol. The highest BCUT2D eigenvalue weighted by molar-refractivity contribution is 7.18. The summed E-state index contributed by atoms with van der Waals surface area (Å²) in [6.45, 7) is 6.99. The van der Waals surface area contributed by atoms with Gasteiger partial charge >= 0.3 is 0 Å². The van der Waals surface area contributed by atoms with E-state index >= 15 is 0 Å². The van der Waals surface area contributed by atoms with Gasteiger partial charge in [-0.25, -0.2) is 4.98 Å². The van der Waals surface area contributed by atoms with Gasteiger partial charge in [0.05, 0.1) is 15.2 Å². The van der Waals surface area contributed by atoms with Crippen molar-refractivity contribution in [2.24, 2.45) is 0 Å². The maximum Gasteiger partial charge on any atom is 0.0970 e. The van der Waals surface area contributed by atoms with Crippen molar-refractivity contribution < 1.29 is 0 Å². The van der Waals surface area contributed by atoms with Crippen LogP contribution in [0, 0.1) is 6.92 Å². The summed E-state index contributed by atoms with van der Waals surface area (Å²) in [5.74, 6) is 0.651. The monoisotopic (exact) mass is 403 g/mol. The molecule has 0 N–H and O–H groups in total. The lowest BCUT2D eigenvalue weighted by atomic mass is 9.97. The molecule has 1 aliphatic rings. The molecule has 1 fully saturated rings. The van der Waals surface area contributed by atoms with E-state index in [1.807, 2.05) is 11.3 Å². The van der Waals surface area contributed by atoms with Gasteiger partial charge in [0.2, 0.25) is 0 Å². The summed E-state index contributed by atoms with van der Waals surface area (Å²) in [6.07, 6.45) is 7.34. The molecule has 2 aromatic heterocycles. The highest BCUT2D eigenvalue weighted by Crippen LogP contribution is 2.33. The van der Waals surface area contributed by atoms with Gasteiger partial charge in [-0.15, -0.1) is 11.3 Å². The Kier molecular flexibility index (Phi) is 5.38. The number of hydrogen-bond acceptors (Lipinski definition) is 3. The number of piperidine rings is 1. The maximum atomic E-state index is 4.89. The minimum Gasteiger partial charge on any atom is -0.347 e. The fraction of sp³-hybridized carbons (Fsp3) is 0.400. The van der Waals surface area contributed by atoms with Crippen LogP contribution in [0.4, 0.5) is 0 Å². The highest BCUT2D eigenvalue weighted by Gasteiger charge is 2.23. The number of fused-ring (bicyclic) bond motifs is 2. The van der Waals surface area contributed by atoms with Crippen LogP contribution in [0.5, 0.6) is 0 Å². The van der Waals surface area contributed by atoms with E-state index in [1.54, 1.807) is 0 Å². The van der Waals surface area contributed by atoms with Gasteiger partial charge in [-0.3, -0.25) is 0 Å². The van der Waals surface area contributed by atoms with E-state index in [-0.39, 0.29) is 0 Å². The van der Waals surface area contributed by atoms with Gasteiger partial charge in [-0.05, 0) is 76.0 Å². The second-order valence-electron chi connectivity index (χ2n) is 8.37. The van der Waals surface area contributed by atoms with Gasteiger partial charge < -0.3 is 9.47 Å². The van der Waals surface area contributed by atoms with Crippen LogP contribution in [0.25, 0.3) is 21.1 Å². The van der Waals surface area contributed by atoms with Crippen LogP contribution in [-0.2, 0) is 6.54 Å². The first kappa shape index (κ1) is 18.8. The van der Waals surface area contributed by atoms with Crippen LogP contribution < -0.4 is 0 Å². The predicted molar refractivity (Wildman–Crippen MR) is 124 cm³/mol. The number of likely N-dealkylation sites (tertiary alicyclic amines) is 1. The molecule has 0 bridgehead atoms. The fourth-order valence-corrected chi connectivity index (χ4v) is 5.84. The number of aromatic nitrogens is 2. The van der Waals surface area contributed by atoms with Gasteiger partial charge in [-0.1, -0.05) is 30.3 Å². The lowest BCUT2D eigenvalue weighted by Crippen LogP contribution is -2.33. The zero-order valence-corrected chi connectivity index (χ0v) is 18.0. The van der Waals surface area contributed by atoms with E-state index in [2.05, 4.69) is 71.1 Å². The standard InChI is InChI=1S/C25H29N3S/c1-19-18-28(23-10-4-2-8-21(19)23)15-7-6-14-27-16-12-20(13-17-27)25-26-22-9-3-5-11-24(22)29-25/h2-5,8-11,18,20H,6-7,12-17H2,1H3. The third kappa shape index (κ3) is 3.96. The normalized spacial score (nSPS) is 16.2. The average Bonchev–Trinajstić information content (AvgIpc) is 3.33. The van der Waals surface area contributed by atoms with Crippen LogP contribution >= 0.6 is 11.3 Å². The SMILES string of the molecule is Cc1cn(CCCCN2CCC(c3nc4ccccc4s3)CC2)c2ccccc12. The van der Waals surface area contributed by atoms with Crippen molar-refractivity contribution in [1.82, 2.24) is 14.5 Å². The van der Waals surface area contributed by atoms with E-state index < -0.39 is 0 Å². The van der Waals surface area contributed by atoms with Crippen LogP contribution in [0.2, 0.25) is 0 Å². The Bertz CT molecular complexity index is 1070. The van der Waals surface area contributed by atoms with E-state index in [0.29, 0.717) is 5.92 Å². The molecule has 0 unspecified atom stereocenters. The topological polar surface area (TPSA) is 21.1 Å². The number of nitrogens with zero attached hydrogens (tertiary/aromatic N) is 3. The van der Waals surface area contributed by atoms with Gasteiger partial charge in [-0.2, -0.15) is 0 Å². The van der Waals surface area contributed by atoms with Crippen molar-refractivity contribution in [3.05, 3.63) is 65.3 Å². The molecule has 0 saturated carbocycles. The Morgan fingerprint density at radius 1 is 0.966 bits per heavy atom. The zero-order valence-electron chi connectivity index (χ0n) is 17.2. The first-order chi connectivity index (χ1) is 14.3. The molecule has 5 rings (SSSR count). The molecule has 3 heterocycles. The number of hydrogen-bond donors (Lipinski definition) is 0. The predicted octanol–water partition coefficient (Wildman–Crippen LogP) is 6.22. The van der Waals surface area contributed by atoms with Gasteiger partial charge in [0.15, 0.2) is 0 Å².